The lowest BCUT2D eigenvalue weighted by molar-refractivity contribution is 0.297. The number of hydrogen-bond acceptors (Lipinski definition) is 4. The third-order valence-corrected chi connectivity index (χ3v) is 4.51. The van der Waals surface area contributed by atoms with Crippen LogP contribution in [0, 0.1) is 5.92 Å². The topological polar surface area (TPSA) is 85.3 Å². The first-order valence-corrected chi connectivity index (χ1v) is 7.38. The van der Waals surface area contributed by atoms with Crippen LogP contribution in [-0.4, -0.2) is 15.0 Å². The van der Waals surface area contributed by atoms with Gasteiger partial charge in [0.1, 0.15) is 5.76 Å². The van der Waals surface area contributed by atoms with E-state index < -0.39 is 10.0 Å². The van der Waals surface area contributed by atoms with E-state index in [0.717, 1.165) is 6.42 Å². The van der Waals surface area contributed by atoms with Gasteiger partial charge in [0, 0.05) is 6.54 Å². The summed E-state index contributed by atoms with van der Waals surface area (Å²) >= 11 is 0. The molecule has 1 aromatic rings. The van der Waals surface area contributed by atoms with Gasteiger partial charge in [0.25, 0.3) is 10.0 Å². The number of furan rings is 1. The average molecular weight is 258 g/mol. The fourth-order valence-corrected chi connectivity index (χ4v) is 2.86. The number of nitrogens with one attached hydrogen (secondary N) is 1. The zero-order valence-electron chi connectivity index (χ0n) is 9.69. The monoisotopic (exact) mass is 258 g/mol. The van der Waals surface area contributed by atoms with Crippen molar-refractivity contribution in [1.82, 2.24) is 4.72 Å². The maximum absolute atomic E-state index is 11.8. The predicted octanol–water partition coefficient (Wildman–Crippen LogP) is 1.21. The van der Waals surface area contributed by atoms with Crippen molar-refractivity contribution in [1.29, 1.82) is 0 Å². The molecule has 17 heavy (non-hydrogen) atoms. The molecule has 0 aliphatic heterocycles. The van der Waals surface area contributed by atoms with Gasteiger partial charge in [-0.15, -0.1) is 0 Å². The van der Waals surface area contributed by atoms with Crippen LogP contribution >= 0.6 is 0 Å². The Hall–Kier alpha value is -0.850. The van der Waals surface area contributed by atoms with Crippen molar-refractivity contribution in [2.24, 2.45) is 11.7 Å². The summed E-state index contributed by atoms with van der Waals surface area (Å²) < 4.78 is 31.3. The highest BCUT2D eigenvalue weighted by Crippen LogP contribution is 2.28. The van der Waals surface area contributed by atoms with E-state index in [1.54, 1.807) is 6.07 Å². The molecule has 0 amide bonds. The van der Waals surface area contributed by atoms with Gasteiger partial charge in [0.05, 0.1) is 6.54 Å². The molecule has 1 saturated carbocycles. The van der Waals surface area contributed by atoms with Crippen LogP contribution in [-0.2, 0) is 16.6 Å². The molecule has 3 N–H and O–H groups in total. The molecule has 1 heterocycles. The van der Waals surface area contributed by atoms with Crippen LogP contribution in [0.1, 0.15) is 31.4 Å². The normalized spacial score (nSPS) is 17.0. The van der Waals surface area contributed by atoms with Gasteiger partial charge in [-0.3, -0.25) is 0 Å². The molecule has 0 bridgehead atoms. The smallest absolute Gasteiger partial charge is 0.273 e. The van der Waals surface area contributed by atoms with Gasteiger partial charge in [-0.1, -0.05) is 19.3 Å². The van der Waals surface area contributed by atoms with Crippen LogP contribution < -0.4 is 10.5 Å². The summed E-state index contributed by atoms with van der Waals surface area (Å²) in [6, 6.07) is 3.02. The third-order valence-electron chi connectivity index (χ3n) is 3.17. The Morgan fingerprint density at radius 3 is 2.71 bits per heavy atom. The Kier molecular flexibility index (Phi) is 3.86. The third kappa shape index (κ3) is 3.08. The van der Waals surface area contributed by atoms with E-state index in [4.69, 9.17) is 10.2 Å². The molecule has 1 aliphatic rings. The van der Waals surface area contributed by atoms with E-state index in [1.165, 1.54) is 25.3 Å². The van der Waals surface area contributed by atoms with Crippen molar-refractivity contribution in [3.8, 4) is 0 Å². The van der Waals surface area contributed by atoms with Gasteiger partial charge in [-0.05, 0) is 24.5 Å². The Morgan fingerprint density at radius 2 is 2.18 bits per heavy atom. The fourth-order valence-electron chi connectivity index (χ4n) is 1.86. The first kappa shape index (κ1) is 12.6. The Bertz CT molecular complexity index is 463. The maximum atomic E-state index is 11.8. The summed E-state index contributed by atoms with van der Waals surface area (Å²) in [5.41, 5.74) is 5.36. The highest BCUT2D eigenvalue weighted by molar-refractivity contribution is 7.89. The lowest BCUT2D eigenvalue weighted by atomic mass is 9.83. The fraction of sp³-hybridized carbons (Fsp3) is 0.636. The van der Waals surface area contributed by atoms with Crippen molar-refractivity contribution < 1.29 is 12.8 Å². The largest absolute Gasteiger partial charge is 0.447 e. The van der Waals surface area contributed by atoms with E-state index in [2.05, 4.69) is 4.72 Å². The molecule has 5 nitrogen and oxygen atoms in total. The van der Waals surface area contributed by atoms with Gasteiger partial charge in [0.2, 0.25) is 5.09 Å². The van der Waals surface area contributed by atoms with E-state index in [9.17, 15) is 8.42 Å². The zero-order valence-corrected chi connectivity index (χ0v) is 10.5. The van der Waals surface area contributed by atoms with Gasteiger partial charge in [0.15, 0.2) is 0 Å². The van der Waals surface area contributed by atoms with Gasteiger partial charge < -0.3 is 10.2 Å². The molecule has 0 spiro atoms. The summed E-state index contributed by atoms with van der Waals surface area (Å²) in [5.74, 6) is 1.17. The van der Waals surface area contributed by atoms with Crippen LogP contribution in [0.25, 0.3) is 0 Å². The summed E-state index contributed by atoms with van der Waals surface area (Å²) in [6.07, 6.45) is 4.62. The van der Waals surface area contributed by atoms with Crippen LogP contribution in [0.5, 0.6) is 0 Å². The lowest BCUT2D eigenvalue weighted by Gasteiger charge is -2.24. The number of sulfonamides is 1. The predicted molar refractivity (Wildman–Crippen MR) is 63.7 cm³/mol. The summed E-state index contributed by atoms with van der Waals surface area (Å²) in [6.45, 7) is 0.684. The van der Waals surface area contributed by atoms with Crippen molar-refractivity contribution in [3.05, 3.63) is 17.9 Å². The van der Waals surface area contributed by atoms with E-state index in [1.807, 2.05) is 0 Å². The molecule has 0 radical (unpaired) electrons. The molecule has 0 saturated heterocycles. The van der Waals surface area contributed by atoms with Crippen LogP contribution in [0.2, 0.25) is 0 Å². The highest BCUT2D eigenvalue weighted by Gasteiger charge is 2.21. The quantitative estimate of drug-likeness (QED) is 0.803. The molecule has 1 aliphatic carbocycles. The summed E-state index contributed by atoms with van der Waals surface area (Å²) in [4.78, 5) is 0. The first-order valence-electron chi connectivity index (χ1n) is 5.90. The minimum Gasteiger partial charge on any atom is -0.447 e. The molecular formula is C11H18N2O3S. The summed E-state index contributed by atoms with van der Waals surface area (Å²) in [5, 5.41) is -0.0495. The number of nitrogens with two attached hydrogens (primary N) is 1. The second-order valence-corrected chi connectivity index (χ2v) is 6.11. The standard InChI is InChI=1S/C11H18N2O3S/c12-8-10-4-5-11(16-10)17(14,15)13-7-6-9-2-1-3-9/h4-5,9,13H,1-3,6-8,12H2. The van der Waals surface area contributed by atoms with Crippen molar-refractivity contribution in [2.45, 2.75) is 37.3 Å². The van der Waals surface area contributed by atoms with Gasteiger partial charge in [-0.25, -0.2) is 13.1 Å². The Balaban J connectivity index is 1.88. The van der Waals surface area contributed by atoms with Crippen LogP contribution in [0.15, 0.2) is 21.6 Å². The lowest BCUT2D eigenvalue weighted by Crippen LogP contribution is -2.27. The molecule has 0 unspecified atom stereocenters. The number of rotatable bonds is 6. The first-order chi connectivity index (χ1) is 8.12. The molecule has 0 aromatic carbocycles. The minimum absolute atomic E-state index is 0.0495. The molecule has 1 fully saturated rings. The molecule has 1 aromatic heterocycles. The SMILES string of the molecule is NCc1ccc(S(=O)(=O)NCCC2CCC2)o1. The van der Waals surface area contributed by atoms with Crippen LogP contribution in [0.4, 0.5) is 0 Å². The van der Waals surface area contributed by atoms with E-state index in [-0.39, 0.29) is 11.6 Å². The van der Waals surface area contributed by atoms with Crippen LogP contribution in [0.3, 0.4) is 0 Å². The minimum atomic E-state index is -3.50. The number of hydrogen-bond donors (Lipinski definition) is 2. The molecule has 0 atom stereocenters. The maximum Gasteiger partial charge on any atom is 0.273 e. The molecule has 6 heteroatoms. The average Bonchev–Trinajstić information content (AvgIpc) is 2.71. The molecular weight excluding hydrogens is 240 g/mol. The zero-order chi connectivity index (χ0) is 12.3. The van der Waals surface area contributed by atoms with Crippen molar-refractivity contribution in [3.63, 3.8) is 0 Å². The van der Waals surface area contributed by atoms with Gasteiger partial charge >= 0.3 is 0 Å². The molecule has 2 rings (SSSR count). The summed E-state index contributed by atoms with van der Waals surface area (Å²) in [7, 11) is -3.50. The van der Waals surface area contributed by atoms with Gasteiger partial charge in [-0.2, -0.15) is 0 Å². The van der Waals surface area contributed by atoms with Crippen molar-refractivity contribution >= 4 is 10.0 Å². The van der Waals surface area contributed by atoms with Crippen molar-refractivity contribution in [2.75, 3.05) is 6.54 Å². The van der Waals surface area contributed by atoms with E-state index in [0.29, 0.717) is 18.2 Å². The Labute approximate surface area is 101 Å². The van der Waals surface area contributed by atoms with E-state index >= 15 is 0 Å². The second kappa shape index (κ2) is 5.20. The Morgan fingerprint density at radius 1 is 1.41 bits per heavy atom. The highest BCUT2D eigenvalue weighted by atomic mass is 32.2. The molecule has 96 valence electrons. The second-order valence-electron chi connectivity index (χ2n) is 4.41.